The van der Waals surface area contributed by atoms with Crippen molar-refractivity contribution in [1.82, 2.24) is 9.80 Å². The van der Waals surface area contributed by atoms with Gasteiger partial charge in [0, 0.05) is 50.4 Å². The van der Waals surface area contributed by atoms with Gasteiger partial charge in [-0.1, -0.05) is 24.3 Å². The van der Waals surface area contributed by atoms with Crippen LogP contribution in [0.25, 0.3) is 0 Å². The van der Waals surface area contributed by atoms with E-state index in [-0.39, 0.29) is 11.8 Å². The molecule has 0 saturated carbocycles. The predicted octanol–water partition coefficient (Wildman–Crippen LogP) is 2.53. The third kappa shape index (κ3) is 3.35. The molecule has 0 unspecified atom stereocenters. The number of amides is 2. The first-order valence-electron chi connectivity index (χ1n) is 9.08. The van der Waals surface area contributed by atoms with Gasteiger partial charge in [0.1, 0.15) is 0 Å². The second-order valence-corrected chi connectivity index (χ2v) is 7.11. The summed E-state index contributed by atoms with van der Waals surface area (Å²) in [5.74, 6) is -0.0502. The molecule has 1 N–H and O–H groups in total. The van der Waals surface area contributed by atoms with Gasteiger partial charge in [0.05, 0.1) is 0 Å². The zero-order valence-electron chi connectivity index (χ0n) is 14.9. The highest BCUT2D eigenvalue weighted by molar-refractivity contribution is 5.96. The van der Waals surface area contributed by atoms with E-state index in [1.165, 1.54) is 18.1 Å². The molecule has 2 aliphatic rings. The lowest BCUT2D eigenvalue weighted by molar-refractivity contribution is -0.114. The average Bonchev–Trinajstić information content (AvgIpc) is 2.60. The van der Waals surface area contributed by atoms with Crippen molar-refractivity contribution >= 4 is 17.5 Å². The third-order valence-electron chi connectivity index (χ3n) is 5.28. The molecule has 0 bridgehead atoms. The first kappa shape index (κ1) is 16.8. The fourth-order valence-corrected chi connectivity index (χ4v) is 3.76. The fraction of sp³-hybridized carbons (Fsp3) is 0.333. The summed E-state index contributed by atoms with van der Waals surface area (Å²) in [6, 6.07) is 16.2. The number of fused-ring (bicyclic) bond motifs is 1. The van der Waals surface area contributed by atoms with E-state index in [4.69, 9.17) is 0 Å². The van der Waals surface area contributed by atoms with Gasteiger partial charge < -0.3 is 10.2 Å². The summed E-state index contributed by atoms with van der Waals surface area (Å²) in [6.45, 7) is 5.09. The van der Waals surface area contributed by atoms with Crippen LogP contribution in [0, 0.1) is 0 Å². The molecule has 2 amide bonds. The average molecular weight is 349 g/mol. The molecule has 2 aromatic rings. The van der Waals surface area contributed by atoms with Crippen LogP contribution in [0.15, 0.2) is 48.5 Å². The highest BCUT2D eigenvalue weighted by Gasteiger charge is 2.36. The van der Waals surface area contributed by atoms with Gasteiger partial charge in [-0.25, -0.2) is 0 Å². The van der Waals surface area contributed by atoms with E-state index in [2.05, 4.69) is 34.5 Å². The molecule has 2 heterocycles. The lowest BCUT2D eigenvalue weighted by atomic mass is 9.96. The highest BCUT2D eigenvalue weighted by atomic mass is 16.2. The highest BCUT2D eigenvalue weighted by Crippen LogP contribution is 2.25. The van der Waals surface area contributed by atoms with Gasteiger partial charge >= 0.3 is 0 Å². The Balaban J connectivity index is 1.33. The summed E-state index contributed by atoms with van der Waals surface area (Å²) in [5, 5.41) is 2.72. The topological polar surface area (TPSA) is 52.7 Å². The maximum atomic E-state index is 12.6. The van der Waals surface area contributed by atoms with Gasteiger partial charge in [-0.2, -0.15) is 0 Å². The summed E-state index contributed by atoms with van der Waals surface area (Å²) in [7, 11) is 0. The van der Waals surface area contributed by atoms with E-state index < -0.39 is 0 Å². The monoisotopic (exact) mass is 349 g/mol. The summed E-state index contributed by atoms with van der Waals surface area (Å²) in [4.78, 5) is 28.1. The molecular weight excluding hydrogens is 326 g/mol. The molecule has 5 heteroatoms. The first-order chi connectivity index (χ1) is 12.6. The lowest BCUT2D eigenvalue weighted by Gasteiger charge is -2.47. The number of anilines is 1. The minimum Gasteiger partial charge on any atom is -0.335 e. The maximum Gasteiger partial charge on any atom is 0.253 e. The van der Waals surface area contributed by atoms with E-state index in [9.17, 15) is 9.59 Å². The molecule has 0 aliphatic carbocycles. The van der Waals surface area contributed by atoms with Crippen LogP contribution in [-0.4, -0.2) is 47.3 Å². The summed E-state index contributed by atoms with van der Waals surface area (Å²) >= 11 is 0. The van der Waals surface area contributed by atoms with E-state index >= 15 is 0 Å². The molecule has 5 nitrogen and oxygen atoms in total. The minimum absolute atomic E-state index is 0.0630. The van der Waals surface area contributed by atoms with Gasteiger partial charge in [-0.3, -0.25) is 14.5 Å². The van der Waals surface area contributed by atoms with Crippen LogP contribution in [0.5, 0.6) is 0 Å². The molecule has 2 aliphatic heterocycles. The lowest BCUT2D eigenvalue weighted by Crippen LogP contribution is -2.61. The van der Waals surface area contributed by atoms with Gasteiger partial charge in [0.2, 0.25) is 5.91 Å². The number of carbonyl (C=O) groups is 2. The largest absolute Gasteiger partial charge is 0.335 e. The molecule has 0 aromatic heterocycles. The van der Waals surface area contributed by atoms with E-state index in [0.29, 0.717) is 17.3 Å². The van der Waals surface area contributed by atoms with Crippen molar-refractivity contribution in [3.63, 3.8) is 0 Å². The van der Waals surface area contributed by atoms with Gasteiger partial charge in [-0.05, 0) is 41.8 Å². The van der Waals surface area contributed by atoms with Crippen LogP contribution in [0.4, 0.5) is 5.69 Å². The molecule has 1 fully saturated rings. The first-order valence-corrected chi connectivity index (χ1v) is 9.08. The van der Waals surface area contributed by atoms with Gasteiger partial charge in [-0.15, -0.1) is 0 Å². The van der Waals surface area contributed by atoms with E-state index in [1.54, 1.807) is 24.3 Å². The number of nitrogens with zero attached hydrogens (tertiary/aromatic N) is 2. The maximum absolute atomic E-state index is 12.6. The summed E-state index contributed by atoms with van der Waals surface area (Å²) in [6.07, 6.45) is 1.09. The van der Waals surface area contributed by atoms with Crippen LogP contribution in [0.1, 0.15) is 28.4 Å². The number of hydrogen-bond acceptors (Lipinski definition) is 3. The van der Waals surface area contributed by atoms with Crippen molar-refractivity contribution in [1.29, 1.82) is 0 Å². The molecule has 26 heavy (non-hydrogen) atoms. The van der Waals surface area contributed by atoms with Crippen molar-refractivity contribution in [2.24, 2.45) is 0 Å². The number of nitrogens with one attached hydrogen (secondary N) is 1. The zero-order chi connectivity index (χ0) is 18.1. The molecule has 0 radical (unpaired) electrons. The molecule has 2 aromatic carbocycles. The quantitative estimate of drug-likeness (QED) is 0.926. The molecule has 4 rings (SSSR count). The Morgan fingerprint density at radius 3 is 2.38 bits per heavy atom. The minimum atomic E-state index is -0.113. The number of rotatable bonds is 3. The van der Waals surface area contributed by atoms with Crippen molar-refractivity contribution in [2.75, 3.05) is 25.0 Å². The Morgan fingerprint density at radius 2 is 1.69 bits per heavy atom. The van der Waals surface area contributed by atoms with Crippen molar-refractivity contribution in [2.45, 2.75) is 25.9 Å². The molecule has 0 atom stereocenters. The zero-order valence-corrected chi connectivity index (χ0v) is 14.9. The van der Waals surface area contributed by atoms with Crippen molar-refractivity contribution in [3.8, 4) is 0 Å². The molecular formula is C21H23N3O2. The van der Waals surface area contributed by atoms with Crippen molar-refractivity contribution in [3.05, 3.63) is 65.2 Å². The van der Waals surface area contributed by atoms with E-state index in [0.717, 1.165) is 32.6 Å². The van der Waals surface area contributed by atoms with E-state index in [1.807, 2.05) is 4.90 Å². The van der Waals surface area contributed by atoms with Crippen LogP contribution < -0.4 is 5.32 Å². The summed E-state index contributed by atoms with van der Waals surface area (Å²) < 4.78 is 0. The standard InChI is InChI=1S/C21H23N3O2/c1-15(25)22-19-8-6-17(7-9-19)21(26)24-13-20(14-24)23-11-10-16-4-2-3-5-18(16)12-23/h2-9,20H,10-14H2,1H3,(H,22,25). The summed E-state index contributed by atoms with van der Waals surface area (Å²) in [5.41, 5.74) is 4.25. The molecule has 0 spiro atoms. The van der Waals surface area contributed by atoms with Crippen molar-refractivity contribution < 1.29 is 9.59 Å². The number of benzene rings is 2. The SMILES string of the molecule is CC(=O)Nc1ccc(C(=O)N2CC(N3CCc4ccccc4C3)C2)cc1. The smallest absolute Gasteiger partial charge is 0.253 e. The Hall–Kier alpha value is -2.66. The normalized spacial score (nSPS) is 17.3. The second kappa shape index (κ2) is 6.92. The number of likely N-dealkylation sites (tertiary alicyclic amines) is 1. The van der Waals surface area contributed by atoms with Crippen LogP contribution in [0.3, 0.4) is 0 Å². The Bertz CT molecular complexity index is 825. The molecule has 134 valence electrons. The van der Waals surface area contributed by atoms with Gasteiger partial charge in [0.15, 0.2) is 0 Å². The number of carbonyl (C=O) groups excluding carboxylic acids is 2. The predicted molar refractivity (Wildman–Crippen MR) is 101 cm³/mol. The Labute approximate surface area is 153 Å². The third-order valence-corrected chi connectivity index (χ3v) is 5.28. The Kier molecular flexibility index (Phi) is 4.47. The van der Waals surface area contributed by atoms with Crippen LogP contribution in [-0.2, 0) is 17.8 Å². The second-order valence-electron chi connectivity index (χ2n) is 7.11. The number of hydrogen-bond donors (Lipinski definition) is 1. The Morgan fingerprint density at radius 1 is 1.00 bits per heavy atom. The van der Waals surface area contributed by atoms with Gasteiger partial charge in [0.25, 0.3) is 5.91 Å². The van der Waals surface area contributed by atoms with Crippen LogP contribution >= 0.6 is 0 Å². The van der Waals surface area contributed by atoms with Crippen LogP contribution in [0.2, 0.25) is 0 Å². The fourth-order valence-electron chi connectivity index (χ4n) is 3.76. The molecule has 1 saturated heterocycles.